The molecule has 0 aromatic rings. The predicted octanol–water partition coefficient (Wildman–Crippen LogP) is 5.85. The topological polar surface area (TPSA) is 0 Å². The maximum Gasteiger partial charge on any atom is 0.435 e. The smallest absolute Gasteiger partial charge is 0.237 e. The lowest BCUT2D eigenvalue weighted by atomic mass is 9.52. The van der Waals surface area contributed by atoms with Crippen LogP contribution in [-0.2, 0) is 0 Å². The van der Waals surface area contributed by atoms with E-state index in [1.807, 2.05) is 0 Å². The van der Waals surface area contributed by atoms with Crippen LogP contribution in [0, 0.1) is 0 Å². The van der Waals surface area contributed by atoms with E-state index in [1.54, 1.807) is 0 Å². The number of alkyl halides is 19. The second-order valence-electron chi connectivity index (χ2n) is 6.38. The second kappa shape index (κ2) is 5.17. The molecule has 0 aromatic carbocycles. The van der Waals surface area contributed by atoms with E-state index in [9.17, 15) is 83.4 Å². The Kier molecular flexibility index (Phi) is 4.30. The van der Waals surface area contributed by atoms with Crippen molar-refractivity contribution in [3.63, 3.8) is 0 Å². The number of fused-ring (bicyclic) bond motifs is 1. The predicted molar refractivity (Wildman–Crippen MR) is 52.1 cm³/mol. The minimum Gasteiger partial charge on any atom is -0.237 e. The lowest BCUT2D eigenvalue weighted by molar-refractivity contribution is -0.539. The van der Waals surface area contributed by atoms with Crippen LogP contribution in [0.1, 0.15) is 0 Å². The molecule has 0 bridgehead atoms. The fraction of sp³-hybridized carbons (Fsp3) is 1.00. The second-order valence-corrected chi connectivity index (χ2v) is 6.38. The van der Waals surface area contributed by atoms with Gasteiger partial charge in [0.1, 0.15) is 0 Å². The Bertz CT molecular complexity index is 748. The molecule has 4 unspecified atom stereocenters. The summed E-state index contributed by atoms with van der Waals surface area (Å²) in [4.78, 5) is 0. The molecular weight excluding hydrogens is 493 g/mol. The van der Waals surface area contributed by atoms with Gasteiger partial charge in [-0.25, -0.2) is 17.6 Å². The molecule has 0 aliphatic heterocycles. The Balaban J connectivity index is 3.22. The van der Waals surface area contributed by atoms with Crippen molar-refractivity contribution in [1.82, 2.24) is 0 Å². The molecule has 0 amide bonds. The molecule has 19 heteroatoms. The number of rotatable bonds is 0. The van der Waals surface area contributed by atoms with Gasteiger partial charge in [0.15, 0.2) is 0 Å². The normalized spacial score (nSPS) is 45.5. The molecule has 0 saturated heterocycles. The molecule has 0 spiro atoms. The first-order valence-electron chi connectivity index (χ1n) is 6.70. The lowest BCUT2D eigenvalue weighted by Gasteiger charge is -2.63. The maximum absolute atomic E-state index is 14.4. The van der Waals surface area contributed by atoms with Crippen molar-refractivity contribution >= 4 is 0 Å². The van der Waals surface area contributed by atoms with Gasteiger partial charge in [-0.3, -0.25) is 0 Å². The third kappa shape index (κ3) is 1.73. The van der Waals surface area contributed by atoms with Crippen molar-refractivity contribution in [3.8, 4) is 0 Å². The largest absolute Gasteiger partial charge is 0.435 e. The summed E-state index contributed by atoms with van der Waals surface area (Å²) in [7, 11) is 0. The van der Waals surface area contributed by atoms with Crippen molar-refractivity contribution in [2.45, 2.75) is 64.9 Å². The Hall–Kier alpha value is -1.33. The van der Waals surface area contributed by atoms with E-state index in [1.165, 1.54) is 0 Å². The van der Waals surface area contributed by atoms with E-state index in [4.69, 9.17) is 0 Å². The molecule has 30 heavy (non-hydrogen) atoms. The van der Waals surface area contributed by atoms with Gasteiger partial charge < -0.3 is 0 Å². The molecule has 2 rings (SSSR count). The van der Waals surface area contributed by atoms with Crippen LogP contribution in [0.5, 0.6) is 0 Å². The average molecular weight is 494 g/mol. The number of hydrogen-bond acceptors (Lipinski definition) is 0. The molecule has 178 valence electrons. The van der Waals surface area contributed by atoms with E-state index in [0.29, 0.717) is 0 Å². The third-order valence-corrected chi connectivity index (χ3v) is 4.95. The highest BCUT2D eigenvalue weighted by Gasteiger charge is 3.13. The van der Waals surface area contributed by atoms with Crippen molar-refractivity contribution < 1.29 is 83.4 Å². The fourth-order valence-corrected chi connectivity index (χ4v) is 3.28. The first-order chi connectivity index (χ1) is 12.7. The summed E-state index contributed by atoms with van der Waals surface area (Å²) in [5.41, 5.74) is -25.3. The van der Waals surface area contributed by atoms with Crippen LogP contribution in [0.3, 0.4) is 0 Å². The monoisotopic (exact) mass is 494 g/mol. The molecule has 0 N–H and O–H groups in total. The van der Waals surface area contributed by atoms with Gasteiger partial charge >= 0.3 is 47.4 Å². The van der Waals surface area contributed by atoms with Crippen LogP contribution in [0.25, 0.3) is 0 Å². The van der Waals surface area contributed by atoms with Gasteiger partial charge in [0.05, 0.1) is 0 Å². The van der Waals surface area contributed by atoms with E-state index in [-0.39, 0.29) is 0 Å². The summed E-state index contributed by atoms with van der Waals surface area (Å²) in [6, 6.07) is 0. The quantitative estimate of drug-likeness (QED) is 0.371. The average Bonchev–Trinajstić information content (AvgIpc) is 2.54. The Morgan fingerprint density at radius 3 is 1.13 bits per heavy atom. The number of hydrogen-bond donors (Lipinski definition) is 0. The van der Waals surface area contributed by atoms with Crippen molar-refractivity contribution in [2.75, 3.05) is 0 Å². The summed E-state index contributed by atoms with van der Waals surface area (Å²) in [5.74, 6) is -49.9. The minimum atomic E-state index is -8.60. The van der Waals surface area contributed by atoms with Crippen molar-refractivity contribution in [3.05, 3.63) is 0 Å². The van der Waals surface area contributed by atoms with Crippen LogP contribution in [0.2, 0.25) is 0 Å². The standard InChI is InChI=1S/C11HF19/c12-1-2(13)4(16,8(22,23)7(20,21)3(1,14)15)9(24,25)10(26,27)5(17,6(2,18)19)11(28,29)30/h1H. The Morgan fingerprint density at radius 2 is 0.800 bits per heavy atom. The highest BCUT2D eigenvalue weighted by atomic mass is 19.4. The van der Waals surface area contributed by atoms with E-state index in [0.717, 1.165) is 0 Å². The van der Waals surface area contributed by atoms with Gasteiger partial charge in [0.2, 0.25) is 6.17 Å². The molecule has 0 nitrogen and oxygen atoms in total. The molecule has 0 radical (unpaired) electrons. The van der Waals surface area contributed by atoms with Gasteiger partial charge in [0, 0.05) is 0 Å². The van der Waals surface area contributed by atoms with Crippen LogP contribution >= 0.6 is 0 Å². The molecular formula is C11HF19. The summed E-state index contributed by atoms with van der Waals surface area (Å²) in [5, 5.41) is 0. The molecule has 0 heterocycles. The highest BCUT2D eigenvalue weighted by molar-refractivity contribution is 5.42. The van der Waals surface area contributed by atoms with Crippen molar-refractivity contribution in [2.24, 2.45) is 0 Å². The molecule has 2 fully saturated rings. The maximum atomic E-state index is 14.4. The minimum absolute atomic E-state index is 6.81. The zero-order valence-corrected chi connectivity index (χ0v) is 12.8. The summed E-state index contributed by atoms with van der Waals surface area (Å²) in [6.45, 7) is 0. The Morgan fingerprint density at radius 1 is 0.467 bits per heavy atom. The van der Waals surface area contributed by atoms with Crippen LogP contribution in [-0.4, -0.2) is 64.9 Å². The third-order valence-electron chi connectivity index (χ3n) is 4.95. The van der Waals surface area contributed by atoms with Gasteiger partial charge in [-0.1, -0.05) is 0 Å². The van der Waals surface area contributed by atoms with Gasteiger partial charge in [-0.15, -0.1) is 0 Å². The molecule has 2 aliphatic carbocycles. The summed E-state index contributed by atoms with van der Waals surface area (Å²) in [6.07, 6.45) is -15.0. The van der Waals surface area contributed by atoms with E-state index < -0.39 is 64.9 Å². The van der Waals surface area contributed by atoms with Crippen LogP contribution in [0.4, 0.5) is 83.4 Å². The summed E-state index contributed by atoms with van der Waals surface area (Å²) >= 11 is 0. The zero-order valence-electron chi connectivity index (χ0n) is 12.8. The first-order valence-corrected chi connectivity index (χ1v) is 6.70. The van der Waals surface area contributed by atoms with Gasteiger partial charge in [-0.2, -0.15) is 65.9 Å². The Labute approximate surface area is 150 Å². The van der Waals surface area contributed by atoms with Gasteiger partial charge in [-0.05, 0) is 0 Å². The highest BCUT2D eigenvalue weighted by Crippen LogP contribution is 2.79. The molecule has 0 aromatic heterocycles. The molecule has 2 aliphatic rings. The first kappa shape index (κ1) is 24.9. The molecule has 4 atom stereocenters. The lowest BCUT2D eigenvalue weighted by Crippen LogP contribution is -2.98. The molecule has 2 saturated carbocycles. The van der Waals surface area contributed by atoms with E-state index in [2.05, 4.69) is 0 Å². The number of halogens is 19. The fourth-order valence-electron chi connectivity index (χ4n) is 3.28. The SMILES string of the molecule is FC1C(F)(F)C(F)(F)C(F)(F)C2(F)C(F)(F)C(F)(F)C(F)(C(F)(F)F)C(F)(F)C12F. The van der Waals surface area contributed by atoms with Gasteiger partial charge in [0.25, 0.3) is 11.3 Å². The summed E-state index contributed by atoms with van der Waals surface area (Å²) < 4.78 is 256. The van der Waals surface area contributed by atoms with Crippen LogP contribution < -0.4 is 0 Å². The zero-order chi connectivity index (χ0) is 24.6. The van der Waals surface area contributed by atoms with Crippen LogP contribution in [0.15, 0.2) is 0 Å². The van der Waals surface area contributed by atoms with Crippen molar-refractivity contribution in [1.29, 1.82) is 0 Å². The van der Waals surface area contributed by atoms with E-state index >= 15 is 0 Å².